The zero-order valence-corrected chi connectivity index (χ0v) is 17.4. The fourth-order valence-electron chi connectivity index (χ4n) is 2.61. The van der Waals surface area contributed by atoms with Crippen molar-refractivity contribution in [1.82, 2.24) is 9.62 Å². The summed E-state index contributed by atoms with van der Waals surface area (Å²) in [5.74, 6) is 1.05. The Kier molecular flexibility index (Phi) is 7.42. The van der Waals surface area contributed by atoms with Crippen LogP contribution in [0.15, 0.2) is 47.4 Å². The minimum Gasteiger partial charge on any atom is -0.493 e. The highest BCUT2D eigenvalue weighted by Gasteiger charge is 2.21. The van der Waals surface area contributed by atoms with Gasteiger partial charge >= 0.3 is 0 Å². The molecule has 0 aliphatic carbocycles. The molecule has 0 atom stereocenters. The molecule has 7 nitrogen and oxygen atoms in total. The summed E-state index contributed by atoms with van der Waals surface area (Å²) >= 11 is 0. The molecule has 0 bridgehead atoms. The van der Waals surface area contributed by atoms with Crippen molar-refractivity contribution in [2.45, 2.75) is 31.8 Å². The van der Waals surface area contributed by atoms with Gasteiger partial charge in [-0.25, -0.2) is 8.42 Å². The van der Waals surface area contributed by atoms with Crippen LogP contribution in [0.4, 0.5) is 0 Å². The Labute approximate surface area is 166 Å². The molecule has 0 spiro atoms. The maximum atomic E-state index is 12.8. The Bertz CT molecular complexity index is 911. The molecule has 8 heteroatoms. The molecule has 2 aromatic rings. The molecule has 1 amide bonds. The number of carbonyl (C=O) groups excluding carboxylic acids is 1. The molecule has 0 saturated carbocycles. The minimum absolute atomic E-state index is 0.137. The van der Waals surface area contributed by atoms with E-state index in [0.717, 1.165) is 11.1 Å². The lowest BCUT2D eigenvalue weighted by atomic mass is 10.2. The quantitative estimate of drug-likeness (QED) is 0.692. The highest BCUT2D eigenvalue weighted by atomic mass is 32.2. The van der Waals surface area contributed by atoms with E-state index in [-0.39, 0.29) is 17.3 Å². The summed E-state index contributed by atoms with van der Waals surface area (Å²) in [6.07, 6.45) is 0. The third-order valence-electron chi connectivity index (χ3n) is 4.11. The number of nitrogens with zero attached hydrogens (tertiary/aromatic N) is 1. The molecule has 0 aliphatic rings. The smallest absolute Gasteiger partial charge is 0.243 e. The number of benzene rings is 2. The molecule has 0 radical (unpaired) electrons. The summed E-state index contributed by atoms with van der Waals surface area (Å²) in [5.41, 5.74) is 1.61. The van der Waals surface area contributed by atoms with Gasteiger partial charge in [-0.2, -0.15) is 4.31 Å². The lowest BCUT2D eigenvalue weighted by Gasteiger charge is -2.18. The molecule has 0 aromatic heterocycles. The van der Waals surface area contributed by atoms with Crippen LogP contribution in [0, 0.1) is 0 Å². The first kappa shape index (κ1) is 21.7. The Morgan fingerprint density at radius 1 is 1.07 bits per heavy atom. The predicted octanol–water partition coefficient (Wildman–Crippen LogP) is 2.55. The lowest BCUT2D eigenvalue weighted by molar-refractivity contribution is -0.119. The SMILES string of the molecule is CCOc1ccc(CN(C)S(=O)(=O)c2ccc(CNC(C)=O)cc2)cc1OC. The zero-order valence-electron chi connectivity index (χ0n) is 16.6. The van der Waals surface area contributed by atoms with Gasteiger partial charge in [-0.05, 0) is 42.3 Å². The number of sulfonamides is 1. The topological polar surface area (TPSA) is 84.9 Å². The standard InChI is InChI=1S/C20H26N2O5S/c1-5-27-19-11-8-17(12-20(19)26-4)14-22(3)28(24,25)18-9-6-16(7-10-18)13-21-15(2)23/h6-12H,5,13-14H2,1-4H3,(H,21,23). The van der Waals surface area contributed by atoms with Crippen molar-refractivity contribution in [3.8, 4) is 11.5 Å². The number of ether oxygens (including phenoxy) is 2. The van der Waals surface area contributed by atoms with Crippen molar-refractivity contribution in [2.24, 2.45) is 0 Å². The van der Waals surface area contributed by atoms with Crippen LogP contribution in [0.25, 0.3) is 0 Å². The number of hydrogen-bond donors (Lipinski definition) is 1. The Morgan fingerprint density at radius 3 is 2.29 bits per heavy atom. The molecule has 0 unspecified atom stereocenters. The van der Waals surface area contributed by atoms with Crippen molar-refractivity contribution in [1.29, 1.82) is 0 Å². The number of rotatable bonds is 9. The summed E-state index contributed by atoms with van der Waals surface area (Å²) in [5, 5.41) is 2.68. The monoisotopic (exact) mass is 406 g/mol. The Morgan fingerprint density at radius 2 is 1.71 bits per heavy atom. The molecular weight excluding hydrogens is 380 g/mol. The summed E-state index contributed by atoms with van der Waals surface area (Å²) in [7, 11) is -0.574. The molecule has 2 aromatic carbocycles. The predicted molar refractivity (Wildman–Crippen MR) is 107 cm³/mol. The maximum absolute atomic E-state index is 12.8. The van der Waals surface area contributed by atoms with E-state index >= 15 is 0 Å². The van der Waals surface area contributed by atoms with Crippen LogP contribution in [0.5, 0.6) is 11.5 Å². The summed E-state index contributed by atoms with van der Waals surface area (Å²) in [6.45, 7) is 4.39. The third-order valence-corrected chi connectivity index (χ3v) is 5.92. The van der Waals surface area contributed by atoms with Gasteiger partial charge in [0.05, 0.1) is 18.6 Å². The van der Waals surface area contributed by atoms with Gasteiger partial charge in [0.25, 0.3) is 0 Å². The van der Waals surface area contributed by atoms with Crippen molar-refractivity contribution in [3.05, 3.63) is 53.6 Å². The second-order valence-electron chi connectivity index (χ2n) is 6.23. The average Bonchev–Trinajstić information content (AvgIpc) is 2.67. The average molecular weight is 407 g/mol. The van der Waals surface area contributed by atoms with E-state index in [9.17, 15) is 13.2 Å². The van der Waals surface area contributed by atoms with Crippen LogP contribution in [0.3, 0.4) is 0 Å². The van der Waals surface area contributed by atoms with Gasteiger partial charge in [-0.1, -0.05) is 18.2 Å². The fraction of sp³-hybridized carbons (Fsp3) is 0.350. The number of amides is 1. The van der Waals surface area contributed by atoms with Crippen LogP contribution in [0.2, 0.25) is 0 Å². The first-order chi connectivity index (χ1) is 13.3. The van der Waals surface area contributed by atoms with E-state index in [4.69, 9.17) is 9.47 Å². The van der Waals surface area contributed by atoms with Crippen LogP contribution in [-0.2, 0) is 27.9 Å². The first-order valence-electron chi connectivity index (χ1n) is 8.87. The minimum atomic E-state index is -3.65. The van der Waals surface area contributed by atoms with Crippen LogP contribution in [-0.4, -0.2) is 39.4 Å². The van der Waals surface area contributed by atoms with Gasteiger partial charge in [0.1, 0.15) is 0 Å². The second-order valence-corrected chi connectivity index (χ2v) is 8.28. The van der Waals surface area contributed by atoms with E-state index in [1.54, 1.807) is 43.5 Å². The highest BCUT2D eigenvalue weighted by molar-refractivity contribution is 7.89. The number of methoxy groups -OCH3 is 1. The first-order valence-corrected chi connectivity index (χ1v) is 10.3. The number of carbonyl (C=O) groups is 1. The molecule has 0 fully saturated rings. The van der Waals surface area contributed by atoms with Gasteiger partial charge < -0.3 is 14.8 Å². The number of hydrogen-bond acceptors (Lipinski definition) is 5. The third kappa shape index (κ3) is 5.46. The molecule has 1 N–H and O–H groups in total. The Balaban J connectivity index is 2.14. The molecular formula is C20H26N2O5S. The van der Waals surface area contributed by atoms with Gasteiger partial charge in [0.15, 0.2) is 11.5 Å². The molecule has 0 aliphatic heterocycles. The largest absolute Gasteiger partial charge is 0.493 e. The Hall–Kier alpha value is -2.58. The van der Waals surface area contributed by atoms with Crippen molar-refractivity contribution < 1.29 is 22.7 Å². The van der Waals surface area contributed by atoms with Crippen LogP contribution >= 0.6 is 0 Å². The molecule has 2 rings (SSSR count). The molecule has 28 heavy (non-hydrogen) atoms. The van der Waals surface area contributed by atoms with Crippen molar-refractivity contribution in [3.63, 3.8) is 0 Å². The fourth-order valence-corrected chi connectivity index (χ4v) is 3.77. The molecule has 0 heterocycles. The lowest BCUT2D eigenvalue weighted by Crippen LogP contribution is -2.26. The van der Waals surface area contributed by atoms with Gasteiger partial charge in [-0.15, -0.1) is 0 Å². The van der Waals surface area contributed by atoms with E-state index < -0.39 is 10.0 Å². The summed E-state index contributed by atoms with van der Waals surface area (Å²) in [4.78, 5) is 11.2. The van der Waals surface area contributed by atoms with Crippen LogP contribution < -0.4 is 14.8 Å². The van der Waals surface area contributed by atoms with Gasteiger partial charge in [-0.3, -0.25) is 4.79 Å². The van der Waals surface area contributed by atoms with Crippen molar-refractivity contribution in [2.75, 3.05) is 20.8 Å². The summed E-state index contributed by atoms with van der Waals surface area (Å²) in [6, 6.07) is 11.8. The van der Waals surface area contributed by atoms with Crippen molar-refractivity contribution >= 4 is 15.9 Å². The molecule has 0 saturated heterocycles. The van der Waals surface area contributed by atoms with Gasteiger partial charge in [0, 0.05) is 27.1 Å². The normalized spacial score (nSPS) is 11.3. The van der Waals surface area contributed by atoms with E-state index in [1.807, 2.05) is 13.0 Å². The van der Waals surface area contributed by atoms with E-state index in [1.165, 1.54) is 18.3 Å². The molecule has 152 valence electrons. The highest BCUT2D eigenvalue weighted by Crippen LogP contribution is 2.29. The maximum Gasteiger partial charge on any atom is 0.243 e. The van der Waals surface area contributed by atoms with E-state index in [0.29, 0.717) is 24.7 Å². The zero-order chi connectivity index (χ0) is 20.7. The summed E-state index contributed by atoms with van der Waals surface area (Å²) < 4.78 is 37.8. The van der Waals surface area contributed by atoms with Crippen LogP contribution in [0.1, 0.15) is 25.0 Å². The van der Waals surface area contributed by atoms with E-state index in [2.05, 4.69) is 5.32 Å². The number of nitrogens with one attached hydrogen (secondary N) is 1. The van der Waals surface area contributed by atoms with Gasteiger partial charge in [0.2, 0.25) is 15.9 Å². The second kappa shape index (κ2) is 9.57.